The summed E-state index contributed by atoms with van der Waals surface area (Å²) in [5.74, 6) is -0.676. The van der Waals surface area contributed by atoms with Gasteiger partial charge < -0.3 is 19.0 Å². The molecular weight excluding hydrogens is 280 g/mol. The van der Waals surface area contributed by atoms with Crippen molar-refractivity contribution in [2.45, 2.75) is 52.3 Å². The molecular formula is C18H26O4. The van der Waals surface area contributed by atoms with Gasteiger partial charge in [-0.3, -0.25) is 0 Å². The Kier molecular flexibility index (Phi) is 5.73. The molecule has 1 saturated heterocycles. The minimum Gasteiger partial charge on any atom is -0.372 e. The first-order valence-electron chi connectivity index (χ1n) is 7.85. The first kappa shape index (κ1) is 17.1. The molecule has 1 fully saturated rings. The Morgan fingerprint density at radius 3 is 2.55 bits per heavy atom. The second-order valence-electron chi connectivity index (χ2n) is 6.48. The van der Waals surface area contributed by atoms with E-state index in [0.717, 1.165) is 11.8 Å². The maximum atomic E-state index is 11.3. The number of ether oxygens (including phenoxy) is 3. The van der Waals surface area contributed by atoms with Gasteiger partial charge in [0.05, 0.1) is 25.4 Å². The highest BCUT2D eigenvalue weighted by atomic mass is 16.7. The molecule has 0 aliphatic carbocycles. The van der Waals surface area contributed by atoms with Gasteiger partial charge in [0.2, 0.25) is 0 Å². The molecule has 4 heteroatoms. The normalized spacial score (nSPS) is 24.6. The Balaban J connectivity index is 2.01. The SMILES string of the molecule is C[C@@H]([C@@H](OCc1ccccc1)[C@@H](C)C=O)[C@H]1COC(C)(C)O1. The molecule has 22 heavy (non-hydrogen) atoms. The average molecular weight is 306 g/mol. The molecule has 4 nitrogen and oxygen atoms in total. The summed E-state index contributed by atoms with van der Waals surface area (Å²) in [5.41, 5.74) is 1.10. The van der Waals surface area contributed by atoms with Gasteiger partial charge in [0, 0.05) is 11.8 Å². The maximum absolute atomic E-state index is 11.3. The van der Waals surface area contributed by atoms with Crippen LogP contribution in [0.25, 0.3) is 0 Å². The lowest BCUT2D eigenvalue weighted by Gasteiger charge is -2.30. The summed E-state index contributed by atoms with van der Waals surface area (Å²) in [6.45, 7) is 8.78. The van der Waals surface area contributed by atoms with Crippen LogP contribution in [0, 0.1) is 11.8 Å². The molecule has 0 amide bonds. The number of carbonyl (C=O) groups excluding carboxylic acids is 1. The third-order valence-corrected chi connectivity index (χ3v) is 4.15. The molecule has 0 N–H and O–H groups in total. The summed E-state index contributed by atoms with van der Waals surface area (Å²) in [4.78, 5) is 11.3. The van der Waals surface area contributed by atoms with Crippen LogP contribution < -0.4 is 0 Å². The third-order valence-electron chi connectivity index (χ3n) is 4.15. The fourth-order valence-corrected chi connectivity index (χ4v) is 2.81. The molecule has 1 aromatic rings. The van der Waals surface area contributed by atoms with Crippen molar-refractivity contribution in [2.75, 3.05) is 6.61 Å². The van der Waals surface area contributed by atoms with E-state index in [1.807, 2.05) is 51.1 Å². The summed E-state index contributed by atoms with van der Waals surface area (Å²) in [6, 6.07) is 9.98. The molecule has 122 valence electrons. The van der Waals surface area contributed by atoms with Gasteiger partial charge in [-0.15, -0.1) is 0 Å². The third kappa shape index (κ3) is 4.38. The van der Waals surface area contributed by atoms with Gasteiger partial charge in [-0.1, -0.05) is 44.2 Å². The van der Waals surface area contributed by atoms with Crippen molar-refractivity contribution in [1.29, 1.82) is 0 Å². The first-order chi connectivity index (χ1) is 10.4. The molecule has 0 saturated carbocycles. The Hall–Kier alpha value is -1.23. The molecule has 0 unspecified atom stereocenters. The van der Waals surface area contributed by atoms with E-state index >= 15 is 0 Å². The molecule has 2 rings (SSSR count). The summed E-state index contributed by atoms with van der Waals surface area (Å²) >= 11 is 0. The zero-order chi connectivity index (χ0) is 16.2. The van der Waals surface area contributed by atoms with Crippen LogP contribution in [0.1, 0.15) is 33.3 Å². The van der Waals surface area contributed by atoms with Crippen molar-refractivity contribution in [1.82, 2.24) is 0 Å². The lowest BCUT2D eigenvalue weighted by atomic mass is 9.90. The van der Waals surface area contributed by atoms with Gasteiger partial charge in [-0.05, 0) is 19.4 Å². The standard InChI is InChI=1S/C18H26O4/c1-13(10-19)17(20-11-15-8-6-5-7-9-15)14(2)16-12-21-18(3,4)22-16/h5-10,13-14,16-17H,11-12H2,1-4H3/t13-,14+,16+,17-/m0/s1. The molecule has 1 aliphatic heterocycles. The van der Waals surface area contributed by atoms with Crippen molar-refractivity contribution in [3.8, 4) is 0 Å². The molecule has 0 bridgehead atoms. The number of carbonyl (C=O) groups is 1. The van der Waals surface area contributed by atoms with E-state index in [4.69, 9.17) is 14.2 Å². The average Bonchev–Trinajstić information content (AvgIpc) is 2.88. The predicted molar refractivity (Wildman–Crippen MR) is 84.3 cm³/mol. The molecule has 1 aliphatic rings. The quantitative estimate of drug-likeness (QED) is 0.726. The highest BCUT2D eigenvalue weighted by Crippen LogP contribution is 2.31. The van der Waals surface area contributed by atoms with Crippen LogP contribution in [0.3, 0.4) is 0 Å². The van der Waals surface area contributed by atoms with Gasteiger partial charge in [-0.25, -0.2) is 0 Å². The fraction of sp³-hybridized carbons (Fsp3) is 0.611. The number of hydrogen-bond donors (Lipinski definition) is 0. The van der Waals surface area contributed by atoms with Crippen molar-refractivity contribution >= 4 is 6.29 Å². The van der Waals surface area contributed by atoms with Crippen LogP contribution in [0.2, 0.25) is 0 Å². The van der Waals surface area contributed by atoms with Crippen LogP contribution in [-0.2, 0) is 25.6 Å². The van der Waals surface area contributed by atoms with Crippen LogP contribution >= 0.6 is 0 Å². The van der Waals surface area contributed by atoms with E-state index in [1.165, 1.54) is 0 Å². The summed E-state index contributed by atoms with van der Waals surface area (Å²) in [6.07, 6.45) is 0.700. The monoisotopic (exact) mass is 306 g/mol. The summed E-state index contributed by atoms with van der Waals surface area (Å²) in [7, 11) is 0. The highest BCUT2D eigenvalue weighted by Gasteiger charge is 2.40. The van der Waals surface area contributed by atoms with Gasteiger partial charge >= 0.3 is 0 Å². The van der Waals surface area contributed by atoms with E-state index < -0.39 is 5.79 Å². The molecule has 1 aromatic carbocycles. The fourth-order valence-electron chi connectivity index (χ4n) is 2.81. The van der Waals surface area contributed by atoms with E-state index in [0.29, 0.717) is 13.2 Å². The van der Waals surface area contributed by atoms with Crippen LogP contribution in [-0.4, -0.2) is 30.9 Å². The number of benzene rings is 1. The van der Waals surface area contributed by atoms with Crippen molar-refractivity contribution in [3.05, 3.63) is 35.9 Å². The van der Waals surface area contributed by atoms with Crippen molar-refractivity contribution < 1.29 is 19.0 Å². The molecule has 4 atom stereocenters. The van der Waals surface area contributed by atoms with Gasteiger partial charge in [0.25, 0.3) is 0 Å². The van der Waals surface area contributed by atoms with E-state index in [9.17, 15) is 4.79 Å². The Bertz CT molecular complexity index is 471. The minimum absolute atomic E-state index is 0.0572. The van der Waals surface area contributed by atoms with Crippen molar-refractivity contribution in [3.63, 3.8) is 0 Å². The first-order valence-corrected chi connectivity index (χ1v) is 7.85. The molecule has 0 radical (unpaired) electrons. The van der Waals surface area contributed by atoms with E-state index in [1.54, 1.807) is 0 Å². The lowest BCUT2D eigenvalue weighted by molar-refractivity contribution is -0.155. The number of hydrogen-bond acceptors (Lipinski definition) is 4. The predicted octanol–water partition coefficient (Wildman–Crippen LogP) is 3.19. The zero-order valence-electron chi connectivity index (χ0n) is 13.8. The maximum Gasteiger partial charge on any atom is 0.163 e. The van der Waals surface area contributed by atoms with Crippen molar-refractivity contribution in [2.24, 2.45) is 11.8 Å². The Morgan fingerprint density at radius 1 is 1.32 bits per heavy atom. The smallest absolute Gasteiger partial charge is 0.163 e. The van der Waals surface area contributed by atoms with Gasteiger partial charge in [-0.2, -0.15) is 0 Å². The topological polar surface area (TPSA) is 44.8 Å². The van der Waals surface area contributed by atoms with Gasteiger partial charge in [0.15, 0.2) is 5.79 Å². The van der Waals surface area contributed by atoms with Crippen LogP contribution in [0.4, 0.5) is 0 Å². The van der Waals surface area contributed by atoms with Crippen LogP contribution in [0.15, 0.2) is 30.3 Å². The molecule has 1 heterocycles. The van der Waals surface area contributed by atoms with Crippen LogP contribution in [0.5, 0.6) is 0 Å². The second-order valence-corrected chi connectivity index (χ2v) is 6.48. The second kappa shape index (κ2) is 7.36. The molecule has 0 aromatic heterocycles. The number of rotatable bonds is 7. The lowest BCUT2D eigenvalue weighted by Crippen LogP contribution is -2.38. The highest BCUT2D eigenvalue weighted by molar-refractivity contribution is 5.53. The summed E-state index contributed by atoms with van der Waals surface area (Å²) in [5, 5.41) is 0. The van der Waals surface area contributed by atoms with E-state index in [2.05, 4.69) is 6.92 Å². The number of aldehydes is 1. The zero-order valence-corrected chi connectivity index (χ0v) is 13.8. The minimum atomic E-state index is -0.562. The largest absolute Gasteiger partial charge is 0.372 e. The molecule has 0 spiro atoms. The Morgan fingerprint density at radius 2 is 2.00 bits per heavy atom. The van der Waals surface area contributed by atoms with E-state index in [-0.39, 0.29) is 24.0 Å². The summed E-state index contributed by atoms with van der Waals surface area (Å²) < 4.78 is 17.6. The van der Waals surface area contributed by atoms with Gasteiger partial charge in [0.1, 0.15) is 6.29 Å². The Labute approximate surface area is 132 Å².